The van der Waals surface area contributed by atoms with Gasteiger partial charge in [0.25, 0.3) is 5.91 Å². The molecule has 0 heterocycles. The van der Waals surface area contributed by atoms with Gasteiger partial charge in [0.05, 0.1) is 12.2 Å². The van der Waals surface area contributed by atoms with Crippen molar-refractivity contribution in [1.29, 1.82) is 0 Å². The number of rotatable bonds is 6. The molecule has 2 rings (SSSR count). The van der Waals surface area contributed by atoms with Crippen LogP contribution >= 0.6 is 0 Å². The third kappa shape index (κ3) is 4.73. The average molecular weight is 338 g/mol. The van der Waals surface area contributed by atoms with Gasteiger partial charge in [0.15, 0.2) is 0 Å². The molecule has 0 aliphatic heterocycles. The van der Waals surface area contributed by atoms with Gasteiger partial charge >= 0.3 is 6.18 Å². The van der Waals surface area contributed by atoms with E-state index in [1.807, 2.05) is 0 Å². The maximum atomic E-state index is 13.0. The van der Waals surface area contributed by atoms with Crippen molar-refractivity contribution in [3.05, 3.63) is 65.2 Å². The fourth-order valence-corrected chi connectivity index (χ4v) is 2.19. The molecule has 0 aliphatic rings. The van der Waals surface area contributed by atoms with Gasteiger partial charge in [0, 0.05) is 24.3 Å². The molecule has 1 amide bonds. The van der Waals surface area contributed by atoms with Crippen LogP contribution < -0.4 is 10.6 Å². The van der Waals surface area contributed by atoms with Gasteiger partial charge in [-0.25, -0.2) is 0 Å². The Balaban J connectivity index is 2.09. The van der Waals surface area contributed by atoms with Crippen LogP contribution in [0.1, 0.15) is 21.5 Å². The molecular weight excluding hydrogens is 321 g/mol. The molecule has 7 heteroatoms. The molecule has 0 aromatic heterocycles. The summed E-state index contributed by atoms with van der Waals surface area (Å²) >= 11 is 0. The lowest BCUT2D eigenvalue weighted by Gasteiger charge is -2.14. The van der Waals surface area contributed by atoms with Crippen LogP contribution in [0.3, 0.4) is 0 Å². The number of halogens is 3. The van der Waals surface area contributed by atoms with Gasteiger partial charge in [0.2, 0.25) is 0 Å². The smallest absolute Gasteiger partial charge is 0.395 e. The number of carbonyl (C=O) groups is 1. The number of nitrogens with one attached hydrogen (secondary N) is 2. The maximum Gasteiger partial charge on any atom is 0.416 e. The van der Waals surface area contributed by atoms with Crippen molar-refractivity contribution in [2.75, 3.05) is 18.5 Å². The van der Waals surface area contributed by atoms with Gasteiger partial charge in [-0.1, -0.05) is 24.3 Å². The average Bonchev–Trinajstić information content (AvgIpc) is 2.57. The van der Waals surface area contributed by atoms with Crippen LogP contribution in [0.2, 0.25) is 0 Å². The largest absolute Gasteiger partial charge is 0.416 e. The van der Waals surface area contributed by atoms with Crippen molar-refractivity contribution in [3.8, 4) is 0 Å². The normalized spacial score (nSPS) is 11.2. The van der Waals surface area contributed by atoms with Gasteiger partial charge in [-0.15, -0.1) is 0 Å². The summed E-state index contributed by atoms with van der Waals surface area (Å²) in [5.41, 5.74) is 0.329. The zero-order valence-corrected chi connectivity index (χ0v) is 12.7. The number of anilines is 1. The van der Waals surface area contributed by atoms with Crippen LogP contribution in [0.25, 0.3) is 0 Å². The zero-order valence-electron chi connectivity index (χ0n) is 12.7. The summed E-state index contributed by atoms with van der Waals surface area (Å²) in [6, 6.07) is 11.8. The lowest BCUT2D eigenvalue weighted by atomic mass is 10.1. The van der Waals surface area contributed by atoms with Crippen LogP contribution in [0.15, 0.2) is 48.5 Å². The molecule has 0 radical (unpaired) electrons. The van der Waals surface area contributed by atoms with Crippen molar-refractivity contribution in [1.82, 2.24) is 5.32 Å². The number of aliphatic hydroxyl groups is 1. The Morgan fingerprint density at radius 1 is 1.08 bits per heavy atom. The minimum atomic E-state index is -4.41. The topological polar surface area (TPSA) is 61.4 Å². The molecule has 2 aromatic rings. The maximum absolute atomic E-state index is 13.0. The fourth-order valence-electron chi connectivity index (χ4n) is 2.19. The highest BCUT2D eigenvalue weighted by Gasteiger charge is 2.32. The molecule has 4 nitrogen and oxygen atoms in total. The molecule has 0 fully saturated rings. The Kier molecular flexibility index (Phi) is 5.81. The Labute approximate surface area is 137 Å². The summed E-state index contributed by atoms with van der Waals surface area (Å²) in [7, 11) is 0. The summed E-state index contributed by atoms with van der Waals surface area (Å²) in [4.78, 5) is 11.8. The van der Waals surface area contributed by atoms with E-state index < -0.39 is 11.7 Å². The summed E-state index contributed by atoms with van der Waals surface area (Å²) in [5, 5.41) is 14.1. The first-order valence-corrected chi connectivity index (χ1v) is 7.30. The van der Waals surface area contributed by atoms with E-state index in [0.29, 0.717) is 11.3 Å². The molecule has 0 aliphatic carbocycles. The number of hydrogen-bond acceptors (Lipinski definition) is 3. The summed E-state index contributed by atoms with van der Waals surface area (Å²) < 4.78 is 38.9. The first kappa shape index (κ1) is 17.8. The van der Waals surface area contributed by atoms with E-state index in [2.05, 4.69) is 10.6 Å². The third-order valence-corrected chi connectivity index (χ3v) is 3.33. The molecule has 128 valence electrons. The number of carbonyl (C=O) groups excluding carboxylic acids is 1. The lowest BCUT2D eigenvalue weighted by molar-refractivity contribution is -0.138. The Bertz CT molecular complexity index is 702. The van der Waals surface area contributed by atoms with Crippen LogP contribution in [0.5, 0.6) is 0 Å². The molecule has 24 heavy (non-hydrogen) atoms. The minimum absolute atomic E-state index is 0.0165. The van der Waals surface area contributed by atoms with Crippen molar-refractivity contribution >= 4 is 11.6 Å². The second-order valence-electron chi connectivity index (χ2n) is 5.07. The second kappa shape index (κ2) is 7.83. The monoisotopic (exact) mass is 338 g/mol. The van der Waals surface area contributed by atoms with Crippen LogP contribution in [0.4, 0.5) is 18.9 Å². The van der Waals surface area contributed by atoms with E-state index in [9.17, 15) is 18.0 Å². The third-order valence-electron chi connectivity index (χ3n) is 3.33. The van der Waals surface area contributed by atoms with Crippen LogP contribution in [-0.2, 0) is 12.7 Å². The number of hydrogen-bond donors (Lipinski definition) is 3. The molecule has 0 saturated carbocycles. The van der Waals surface area contributed by atoms with Gasteiger partial charge in [-0.3, -0.25) is 4.79 Å². The van der Waals surface area contributed by atoms with Gasteiger partial charge in [0.1, 0.15) is 0 Å². The minimum Gasteiger partial charge on any atom is -0.395 e. The highest BCUT2D eigenvalue weighted by molar-refractivity contribution is 5.95. The summed E-state index contributed by atoms with van der Waals surface area (Å²) in [6.07, 6.45) is -4.41. The summed E-state index contributed by atoms with van der Waals surface area (Å²) in [6.45, 7) is -0.0508. The van der Waals surface area contributed by atoms with E-state index in [1.54, 1.807) is 30.3 Å². The predicted octanol–water partition coefficient (Wildman–Crippen LogP) is 3.04. The Morgan fingerprint density at radius 3 is 2.54 bits per heavy atom. The second-order valence-corrected chi connectivity index (χ2v) is 5.07. The highest BCUT2D eigenvalue weighted by Crippen LogP contribution is 2.32. The lowest BCUT2D eigenvalue weighted by Crippen LogP contribution is -2.26. The van der Waals surface area contributed by atoms with Crippen LogP contribution in [0, 0.1) is 0 Å². The number of benzene rings is 2. The molecule has 0 saturated heterocycles. The highest BCUT2D eigenvalue weighted by atomic mass is 19.4. The van der Waals surface area contributed by atoms with E-state index in [1.165, 1.54) is 12.1 Å². The van der Waals surface area contributed by atoms with Crippen molar-refractivity contribution in [3.63, 3.8) is 0 Å². The predicted molar refractivity (Wildman–Crippen MR) is 84.6 cm³/mol. The van der Waals surface area contributed by atoms with E-state index in [4.69, 9.17) is 5.11 Å². The molecule has 3 N–H and O–H groups in total. The number of amides is 1. The summed E-state index contributed by atoms with van der Waals surface area (Å²) in [5.74, 6) is -0.358. The number of alkyl halides is 3. The first-order valence-electron chi connectivity index (χ1n) is 7.30. The first-order chi connectivity index (χ1) is 11.4. The van der Waals surface area contributed by atoms with E-state index in [-0.39, 0.29) is 31.2 Å². The van der Waals surface area contributed by atoms with Gasteiger partial charge in [-0.2, -0.15) is 13.2 Å². The molecular formula is C17H17F3N2O2. The SMILES string of the molecule is O=C(NCCO)c1cccc(NCc2ccccc2C(F)(F)F)c1. The Hall–Kier alpha value is -2.54. The quantitative estimate of drug-likeness (QED) is 0.759. The van der Waals surface area contributed by atoms with E-state index >= 15 is 0 Å². The van der Waals surface area contributed by atoms with Crippen molar-refractivity contribution in [2.45, 2.75) is 12.7 Å². The number of aliphatic hydroxyl groups excluding tert-OH is 1. The molecule has 2 aromatic carbocycles. The molecule has 0 unspecified atom stereocenters. The molecule has 0 atom stereocenters. The van der Waals surface area contributed by atoms with Gasteiger partial charge in [-0.05, 0) is 29.8 Å². The molecule has 0 bridgehead atoms. The van der Waals surface area contributed by atoms with Crippen LogP contribution in [-0.4, -0.2) is 24.2 Å². The standard InChI is InChI=1S/C17H17F3N2O2/c18-17(19,20)15-7-2-1-4-13(15)11-22-14-6-3-5-12(10-14)16(24)21-8-9-23/h1-7,10,22-23H,8-9,11H2,(H,21,24). The Morgan fingerprint density at radius 2 is 1.83 bits per heavy atom. The zero-order chi connectivity index (χ0) is 17.6. The molecule has 0 spiro atoms. The van der Waals surface area contributed by atoms with E-state index in [0.717, 1.165) is 6.07 Å². The van der Waals surface area contributed by atoms with Crippen molar-refractivity contribution in [2.24, 2.45) is 0 Å². The fraction of sp³-hybridized carbons (Fsp3) is 0.235. The van der Waals surface area contributed by atoms with Crippen molar-refractivity contribution < 1.29 is 23.1 Å². The van der Waals surface area contributed by atoms with Gasteiger partial charge < -0.3 is 15.7 Å².